The van der Waals surface area contributed by atoms with Crippen LogP contribution in [0.1, 0.15) is 60.7 Å². The maximum atomic E-state index is 13.1. The molecule has 6 heteroatoms. The van der Waals surface area contributed by atoms with Gasteiger partial charge in [-0.2, -0.15) is 0 Å². The topological polar surface area (TPSA) is 81.7 Å². The van der Waals surface area contributed by atoms with Crippen LogP contribution < -0.4 is 5.32 Å². The highest BCUT2D eigenvalue weighted by Gasteiger charge is 2.34. The van der Waals surface area contributed by atoms with E-state index in [4.69, 9.17) is 9.47 Å². The van der Waals surface area contributed by atoms with E-state index in [-0.39, 0.29) is 17.2 Å². The summed E-state index contributed by atoms with van der Waals surface area (Å²) in [6.45, 7) is 6.00. The van der Waals surface area contributed by atoms with Crippen LogP contribution in [0.5, 0.6) is 0 Å². The molecule has 6 nitrogen and oxygen atoms in total. The fourth-order valence-electron chi connectivity index (χ4n) is 5.02. The fraction of sp³-hybridized carbons (Fsp3) is 0.367. The van der Waals surface area contributed by atoms with E-state index in [1.165, 1.54) is 6.07 Å². The summed E-state index contributed by atoms with van der Waals surface area (Å²) in [4.78, 5) is 38.5. The number of esters is 2. The molecule has 1 fully saturated rings. The van der Waals surface area contributed by atoms with Crippen molar-refractivity contribution in [1.29, 1.82) is 0 Å². The average Bonchev–Trinajstić information content (AvgIpc) is 2.87. The molecule has 0 aliphatic heterocycles. The molecule has 1 aliphatic carbocycles. The monoisotopic (exact) mass is 487 g/mol. The van der Waals surface area contributed by atoms with Crippen molar-refractivity contribution >= 4 is 34.3 Å². The first-order valence-electron chi connectivity index (χ1n) is 12.6. The van der Waals surface area contributed by atoms with Gasteiger partial charge in [0.25, 0.3) is 5.91 Å². The van der Waals surface area contributed by atoms with E-state index in [0.717, 1.165) is 30.0 Å². The molecule has 36 heavy (non-hydrogen) atoms. The molecule has 0 saturated heterocycles. The van der Waals surface area contributed by atoms with Gasteiger partial charge in [0.05, 0.1) is 11.1 Å². The predicted molar refractivity (Wildman–Crippen MR) is 140 cm³/mol. The summed E-state index contributed by atoms with van der Waals surface area (Å²) in [5.41, 5.74) is 0.877. The Balaban J connectivity index is 1.41. The van der Waals surface area contributed by atoms with Crippen molar-refractivity contribution in [1.82, 2.24) is 0 Å². The van der Waals surface area contributed by atoms with Crippen LogP contribution in [-0.2, 0) is 14.3 Å². The standard InChI is InChI=1S/C30H33NO5/c1-19(2)22-16-15-20(3)17-27(22)36-30(34)25-13-7-6-12-24(25)29(33)35-18-28(32)31-26-14-8-10-21-9-4-5-11-23(21)26/h4-14,19-20,22,27H,15-18H2,1-3H3,(H,31,32)/t20-,22+,27-/m1/s1. The quantitative estimate of drug-likeness (QED) is 0.398. The summed E-state index contributed by atoms with van der Waals surface area (Å²) in [6.07, 6.45) is 2.78. The summed E-state index contributed by atoms with van der Waals surface area (Å²) in [7, 11) is 0. The van der Waals surface area contributed by atoms with Gasteiger partial charge in [0.1, 0.15) is 6.10 Å². The molecule has 0 aromatic heterocycles. The molecule has 3 atom stereocenters. The van der Waals surface area contributed by atoms with Gasteiger partial charge in [-0.15, -0.1) is 0 Å². The maximum absolute atomic E-state index is 13.1. The number of amides is 1. The van der Waals surface area contributed by atoms with E-state index in [0.29, 0.717) is 23.4 Å². The zero-order chi connectivity index (χ0) is 25.7. The number of fused-ring (bicyclic) bond motifs is 1. The zero-order valence-corrected chi connectivity index (χ0v) is 21.0. The maximum Gasteiger partial charge on any atom is 0.339 e. The van der Waals surface area contributed by atoms with Gasteiger partial charge in [-0.05, 0) is 54.2 Å². The van der Waals surface area contributed by atoms with Crippen molar-refractivity contribution in [3.8, 4) is 0 Å². The lowest BCUT2D eigenvalue weighted by Gasteiger charge is -2.36. The first kappa shape index (κ1) is 25.4. The number of nitrogens with one attached hydrogen (secondary N) is 1. The average molecular weight is 488 g/mol. The Morgan fingerprint density at radius 3 is 2.31 bits per heavy atom. The third-order valence-corrected chi connectivity index (χ3v) is 6.98. The van der Waals surface area contributed by atoms with Crippen LogP contribution in [0, 0.1) is 17.8 Å². The molecular formula is C30H33NO5. The lowest BCUT2D eigenvalue weighted by molar-refractivity contribution is -0.119. The van der Waals surface area contributed by atoms with Gasteiger partial charge in [-0.3, -0.25) is 4.79 Å². The summed E-state index contributed by atoms with van der Waals surface area (Å²) in [5.74, 6) is -0.563. The Bertz CT molecular complexity index is 1250. The highest BCUT2D eigenvalue weighted by atomic mass is 16.5. The molecule has 1 N–H and O–H groups in total. The summed E-state index contributed by atoms with van der Waals surface area (Å²) >= 11 is 0. The second kappa shape index (κ2) is 11.4. The molecular weight excluding hydrogens is 454 g/mol. The van der Waals surface area contributed by atoms with Gasteiger partial charge in [0.15, 0.2) is 6.61 Å². The molecule has 0 heterocycles. The number of benzene rings is 3. The molecule has 4 rings (SSSR count). The van der Waals surface area contributed by atoms with Crippen molar-refractivity contribution in [2.24, 2.45) is 17.8 Å². The third-order valence-electron chi connectivity index (χ3n) is 6.98. The number of anilines is 1. The number of ether oxygens (including phenoxy) is 2. The highest BCUT2D eigenvalue weighted by Crippen LogP contribution is 2.36. The van der Waals surface area contributed by atoms with E-state index in [9.17, 15) is 14.4 Å². The van der Waals surface area contributed by atoms with Gasteiger partial charge in [0, 0.05) is 11.1 Å². The van der Waals surface area contributed by atoms with Crippen LogP contribution in [0.15, 0.2) is 66.7 Å². The molecule has 1 aliphatic rings. The Morgan fingerprint density at radius 2 is 1.56 bits per heavy atom. The van der Waals surface area contributed by atoms with E-state index in [1.807, 2.05) is 36.4 Å². The molecule has 0 radical (unpaired) electrons. The van der Waals surface area contributed by atoms with Crippen molar-refractivity contribution in [3.05, 3.63) is 77.9 Å². The predicted octanol–water partition coefficient (Wildman–Crippen LogP) is 6.25. The van der Waals surface area contributed by atoms with Crippen LogP contribution in [0.4, 0.5) is 5.69 Å². The van der Waals surface area contributed by atoms with E-state index in [2.05, 4.69) is 26.1 Å². The highest BCUT2D eigenvalue weighted by molar-refractivity contribution is 6.05. The first-order valence-corrected chi connectivity index (χ1v) is 12.6. The smallest absolute Gasteiger partial charge is 0.339 e. The second-order valence-corrected chi connectivity index (χ2v) is 9.97. The largest absolute Gasteiger partial charge is 0.458 e. The number of carbonyl (C=O) groups excluding carboxylic acids is 3. The van der Waals surface area contributed by atoms with Crippen LogP contribution in [0.2, 0.25) is 0 Å². The number of hydrogen-bond acceptors (Lipinski definition) is 5. The first-order chi connectivity index (χ1) is 17.3. The van der Waals surface area contributed by atoms with Gasteiger partial charge in [0.2, 0.25) is 0 Å². The van der Waals surface area contributed by atoms with Crippen molar-refractivity contribution in [2.75, 3.05) is 11.9 Å². The fourth-order valence-corrected chi connectivity index (χ4v) is 5.02. The normalized spacial score (nSPS) is 19.6. The Labute approximate surface area is 212 Å². The zero-order valence-electron chi connectivity index (χ0n) is 21.0. The Kier molecular flexibility index (Phi) is 8.04. The molecule has 0 bridgehead atoms. The minimum Gasteiger partial charge on any atom is -0.458 e. The molecule has 0 spiro atoms. The third kappa shape index (κ3) is 5.93. The van der Waals surface area contributed by atoms with Crippen LogP contribution >= 0.6 is 0 Å². The van der Waals surface area contributed by atoms with E-state index in [1.54, 1.807) is 24.3 Å². The SMILES string of the molecule is CC(C)[C@@H]1CC[C@@H](C)C[C@H]1OC(=O)c1ccccc1C(=O)OCC(=O)Nc1cccc2ccccc12. The van der Waals surface area contributed by atoms with Crippen LogP contribution in [0.3, 0.4) is 0 Å². The molecule has 3 aromatic rings. The molecule has 0 unspecified atom stereocenters. The van der Waals surface area contributed by atoms with E-state index >= 15 is 0 Å². The number of hydrogen-bond donors (Lipinski definition) is 1. The van der Waals surface area contributed by atoms with Gasteiger partial charge < -0.3 is 14.8 Å². The van der Waals surface area contributed by atoms with Gasteiger partial charge in [-0.25, -0.2) is 9.59 Å². The summed E-state index contributed by atoms with van der Waals surface area (Å²) in [5, 5.41) is 4.68. The van der Waals surface area contributed by atoms with Crippen LogP contribution in [0.25, 0.3) is 10.8 Å². The Hall–Kier alpha value is -3.67. The van der Waals surface area contributed by atoms with Gasteiger partial charge in [-0.1, -0.05) is 75.7 Å². The summed E-state index contributed by atoms with van der Waals surface area (Å²) < 4.78 is 11.2. The minimum atomic E-state index is -0.743. The second-order valence-electron chi connectivity index (χ2n) is 9.97. The van der Waals surface area contributed by atoms with Crippen molar-refractivity contribution in [2.45, 2.75) is 46.1 Å². The van der Waals surface area contributed by atoms with Crippen molar-refractivity contribution < 1.29 is 23.9 Å². The molecule has 188 valence electrons. The number of carbonyl (C=O) groups is 3. The lowest BCUT2D eigenvalue weighted by atomic mass is 9.75. The summed E-state index contributed by atoms with van der Waals surface area (Å²) in [6, 6.07) is 19.7. The number of rotatable bonds is 7. The van der Waals surface area contributed by atoms with Gasteiger partial charge >= 0.3 is 11.9 Å². The van der Waals surface area contributed by atoms with Crippen molar-refractivity contribution in [3.63, 3.8) is 0 Å². The molecule has 1 amide bonds. The molecule has 3 aromatic carbocycles. The van der Waals surface area contributed by atoms with Crippen LogP contribution in [-0.4, -0.2) is 30.6 Å². The lowest BCUT2D eigenvalue weighted by Crippen LogP contribution is -2.36. The molecule has 1 saturated carbocycles. The minimum absolute atomic E-state index is 0.0883. The Morgan fingerprint density at radius 1 is 0.889 bits per heavy atom. The van der Waals surface area contributed by atoms with E-state index < -0.39 is 24.5 Å².